The molecule has 1 atom stereocenters. The van der Waals surface area contributed by atoms with Gasteiger partial charge >= 0.3 is 0 Å². The van der Waals surface area contributed by atoms with Gasteiger partial charge in [-0.1, -0.05) is 37.1 Å². The monoisotopic (exact) mass is 517 g/mol. The number of rotatable bonds is 11. The summed E-state index contributed by atoms with van der Waals surface area (Å²) in [5.41, 5.74) is 1.01. The molecule has 0 radical (unpaired) electrons. The molecule has 0 heterocycles. The number of carbonyl (C=O) groups excluding carboxylic acids is 2. The zero-order valence-corrected chi connectivity index (χ0v) is 22.1. The van der Waals surface area contributed by atoms with E-state index in [9.17, 15) is 18.0 Å². The van der Waals surface area contributed by atoms with Crippen LogP contribution in [-0.2, 0) is 26.2 Å². The van der Waals surface area contributed by atoms with Gasteiger partial charge in [-0.3, -0.25) is 13.9 Å². The Morgan fingerprint density at radius 3 is 2.39 bits per heavy atom. The second kappa shape index (κ2) is 12.1. The van der Waals surface area contributed by atoms with Crippen LogP contribution in [0.5, 0.6) is 11.5 Å². The Hall–Kier alpha value is -3.27. The molecule has 0 aromatic heterocycles. The third-order valence-electron chi connectivity index (χ3n) is 6.39. The molecular formula is C26H35N3O6S. The van der Waals surface area contributed by atoms with E-state index in [0.717, 1.165) is 41.8 Å². The first-order valence-electron chi connectivity index (χ1n) is 12.0. The van der Waals surface area contributed by atoms with Crippen molar-refractivity contribution in [2.24, 2.45) is 0 Å². The van der Waals surface area contributed by atoms with E-state index >= 15 is 0 Å². The van der Waals surface area contributed by atoms with E-state index in [1.807, 2.05) is 6.07 Å². The Balaban J connectivity index is 1.91. The minimum atomic E-state index is -3.84. The number of benzene rings is 2. The molecule has 1 aliphatic rings. The predicted octanol–water partition coefficient (Wildman–Crippen LogP) is 2.95. The van der Waals surface area contributed by atoms with E-state index in [4.69, 9.17) is 9.47 Å². The Bertz CT molecular complexity index is 1160. The molecule has 0 spiro atoms. The number of para-hydroxylation sites is 2. The van der Waals surface area contributed by atoms with Crippen molar-refractivity contribution in [2.45, 2.75) is 51.2 Å². The highest BCUT2D eigenvalue weighted by molar-refractivity contribution is 7.92. The lowest BCUT2D eigenvalue weighted by Crippen LogP contribution is -2.52. The lowest BCUT2D eigenvalue weighted by Gasteiger charge is -2.32. The Labute approximate surface area is 213 Å². The smallest absolute Gasteiger partial charge is 0.244 e. The molecular weight excluding hydrogens is 482 g/mol. The van der Waals surface area contributed by atoms with Gasteiger partial charge in [0.1, 0.15) is 24.1 Å². The van der Waals surface area contributed by atoms with Gasteiger partial charge in [0.2, 0.25) is 21.8 Å². The van der Waals surface area contributed by atoms with E-state index in [2.05, 4.69) is 5.32 Å². The largest absolute Gasteiger partial charge is 0.497 e. The summed E-state index contributed by atoms with van der Waals surface area (Å²) in [5.74, 6) is 0.168. The molecule has 2 aromatic rings. The molecule has 1 N–H and O–H groups in total. The molecule has 3 rings (SSSR count). The fourth-order valence-corrected chi connectivity index (χ4v) is 5.23. The maximum absolute atomic E-state index is 13.7. The molecule has 0 saturated heterocycles. The maximum Gasteiger partial charge on any atom is 0.244 e. The SMILES string of the molecule is COc1cccc(CN(C(=O)CN(c2ccccc2OC)S(C)(=O)=O)[C@@H](C)C(=O)NC2CCCC2)c1. The number of amides is 2. The third kappa shape index (κ3) is 6.90. The van der Waals surface area contributed by atoms with Crippen molar-refractivity contribution >= 4 is 27.5 Å². The molecule has 0 unspecified atom stereocenters. The predicted molar refractivity (Wildman–Crippen MR) is 139 cm³/mol. The first-order chi connectivity index (χ1) is 17.1. The van der Waals surface area contributed by atoms with Gasteiger partial charge in [-0.2, -0.15) is 0 Å². The molecule has 10 heteroatoms. The van der Waals surface area contributed by atoms with Crippen LogP contribution in [-0.4, -0.2) is 64.2 Å². The molecule has 1 aliphatic carbocycles. The number of nitrogens with one attached hydrogen (secondary N) is 1. The van der Waals surface area contributed by atoms with Crippen LogP contribution in [0.15, 0.2) is 48.5 Å². The number of nitrogens with zero attached hydrogens (tertiary/aromatic N) is 2. The van der Waals surface area contributed by atoms with Gasteiger partial charge in [0.25, 0.3) is 0 Å². The summed E-state index contributed by atoms with van der Waals surface area (Å²) in [6, 6.07) is 13.1. The van der Waals surface area contributed by atoms with Crippen molar-refractivity contribution in [3.63, 3.8) is 0 Å². The molecule has 0 aliphatic heterocycles. The number of anilines is 1. The summed E-state index contributed by atoms with van der Waals surface area (Å²) >= 11 is 0. The summed E-state index contributed by atoms with van der Waals surface area (Å²) in [6.45, 7) is 1.29. The van der Waals surface area contributed by atoms with Crippen LogP contribution in [0.25, 0.3) is 0 Å². The number of hydrogen-bond acceptors (Lipinski definition) is 6. The van der Waals surface area contributed by atoms with E-state index in [-0.39, 0.29) is 24.2 Å². The molecule has 0 bridgehead atoms. The van der Waals surface area contributed by atoms with Gasteiger partial charge in [0.05, 0.1) is 26.2 Å². The minimum Gasteiger partial charge on any atom is -0.497 e. The average Bonchev–Trinajstić information content (AvgIpc) is 3.37. The van der Waals surface area contributed by atoms with E-state index in [0.29, 0.717) is 11.5 Å². The van der Waals surface area contributed by atoms with Crippen LogP contribution >= 0.6 is 0 Å². The van der Waals surface area contributed by atoms with Crippen LogP contribution in [0.2, 0.25) is 0 Å². The lowest BCUT2D eigenvalue weighted by molar-refractivity contribution is -0.139. The number of ether oxygens (including phenoxy) is 2. The lowest BCUT2D eigenvalue weighted by atomic mass is 10.1. The van der Waals surface area contributed by atoms with Crippen LogP contribution in [0.3, 0.4) is 0 Å². The molecule has 1 fully saturated rings. The summed E-state index contributed by atoms with van der Waals surface area (Å²) in [7, 11) is -0.853. The first-order valence-corrected chi connectivity index (χ1v) is 13.8. The number of sulfonamides is 1. The Morgan fingerprint density at radius 1 is 1.06 bits per heavy atom. The van der Waals surface area contributed by atoms with E-state index < -0.39 is 28.5 Å². The second-order valence-corrected chi connectivity index (χ2v) is 10.9. The summed E-state index contributed by atoms with van der Waals surface area (Å²) < 4.78 is 37.1. The highest BCUT2D eigenvalue weighted by Gasteiger charge is 2.32. The van der Waals surface area contributed by atoms with Crippen molar-refractivity contribution in [1.82, 2.24) is 10.2 Å². The van der Waals surface area contributed by atoms with Crippen LogP contribution < -0.4 is 19.1 Å². The molecule has 9 nitrogen and oxygen atoms in total. The summed E-state index contributed by atoms with van der Waals surface area (Å²) in [6.07, 6.45) is 4.99. The molecule has 196 valence electrons. The zero-order chi connectivity index (χ0) is 26.3. The van der Waals surface area contributed by atoms with Crippen molar-refractivity contribution in [3.05, 3.63) is 54.1 Å². The van der Waals surface area contributed by atoms with Gasteiger partial charge < -0.3 is 19.7 Å². The third-order valence-corrected chi connectivity index (χ3v) is 7.52. The number of hydrogen-bond donors (Lipinski definition) is 1. The zero-order valence-electron chi connectivity index (χ0n) is 21.3. The van der Waals surface area contributed by atoms with Crippen LogP contribution in [0.1, 0.15) is 38.2 Å². The quantitative estimate of drug-likeness (QED) is 0.491. The second-order valence-electron chi connectivity index (χ2n) is 8.98. The molecule has 36 heavy (non-hydrogen) atoms. The van der Waals surface area contributed by atoms with E-state index in [1.165, 1.54) is 12.0 Å². The van der Waals surface area contributed by atoms with Crippen LogP contribution in [0, 0.1) is 0 Å². The topological polar surface area (TPSA) is 105 Å². The highest BCUT2D eigenvalue weighted by atomic mass is 32.2. The number of methoxy groups -OCH3 is 2. The number of carbonyl (C=O) groups is 2. The fourth-order valence-electron chi connectivity index (χ4n) is 4.37. The normalized spacial score (nSPS) is 14.7. The molecule has 1 saturated carbocycles. The highest BCUT2D eigenvalue weighted by Crippen LogP contribution is 2.30. The fraction of sp³-hybridized carbons (Fsp3) is 0.462. The molecule has 2 aromatic carbocycles. The van der Waals surface area contributed by atoms with Gasteiger partial charge in [-0.05, 0) is 49.6 Å². The Morgan fingerprint density at radius 2 is 1.75 bits per heavy atom. The van der Waals surface area contributed by atoms with Crippen molar-refractivity contribution in [2.75, 3.05) is 31.3 Å². The molecule has 2 amide bonds. The van der Waals surface area contributed by atoms with Gasteiger partial charge in [0.15, 0.2) is 0 Å². The van der Waals surface area contributed by atoms with Gasteiger partial charge in [0, 0.05) is 12.6 Å². The first kappa shape index (κ1) is 27.3. The van der Waals surface area contributed by atoms with Gasteiger partial charge in [-0.15, -0.1) is 0 Å². The van der Waals surface area contributed by atoms with Crippen molar-refractivity contribution in [1.29, 1.82) is 0 Å². The van der Waals surface area contributed by atoms with Crippen LogP contribution in [0.4, 0.5) is 5.69 Å². The Kier molecular flexibility index (Phi) is 9.19. The van der Waals surface area contributed by atoms with E-state index in [1.54, 1.807) is 56.5 Å². The average molecular weight is 518 g/mol. The summed E-state index contributed by atoms with van der Waals surface area (Å²) in [5, 5.41) is 3.05. The van der Waals surface area contributed by atoms with Crippen molar-refractivity contribution < 1.29 is 27.5 Å². The maximum atomic E-state index is 13.7. The van der Waals surface area contributed by atoms with Crippen molar-refractivity contribution in [3.8, 4) is 11.5 Å². The van der Waals surface area contributed by atoms with Gasteiger partial charge in [-0.25, -0.2) is 8.42 Å². The summed E-state index contributed by atoms with van der Waals surface area (Å²) in [4.78, 5) is 28.2. The minimum absolute atomic E-state index is 0.0924. The standard InChI is InChI=1S/C26H35N3O6S/c1-19(26(31)27-21-11-5-6-12-21)28(17-20-10-9-13-22(16-20)34-2)25(30)18-29(36(4,32)33)23-14-7-8-15-24(23)35-3/h7-10,13-16,19,21H,5-6,11-12,17-18H2,1-4H3,(H,27,31)/t19-/m0/s1.